The molecule has 2 rings (SSSR count). The van der Waals surface area contributed by atoms with E-state index >= 15 is 0 Å². The number of carbonyl (C=O) groups excluding carboxylic acids is 2. The molecule has 2 amide bonds. The lowest BCUT2D eigenvalue weighted by Gasteiger charge is -2.16. The van der Waals surface area contributed by atoms with Crippen LogP contribution in [0.25, 0.3) is 0 Å². The molecule has 2 aromatic rings. The highest BCUT2D eigenvalue weighted by atomic mass is 35.5. The molecule has 0 aliphatic carbocycles. The molecule has 7 heteroatoms. The maximum atomic E-state index is 12.0. The monoisotopic (exact) mass is 398 g/mol. The van der Waals surface area contributed by atoms with Gasteiger partial charge in [-0.25, -0.2) is 0 Å². The Morgan fingerprint density at radius 3 is 2.44 bits per heavy atom. The Hall–Kier alpha value is -1.75. The normalized spacial score (nSPS) is 11.7. The second kappa shape index (κ2) is 9.09. The maximum Gasteiger partial charge on any atom is 0.252 e. The van der Waals surface area contributed by atoms with Crippen molar-refractivity contribution in [3.05, 3.63) is 68.7 Å². The van der Waals surface area contributed by atoms with Gasteiger partial charge in [0.2, 0.25) is 5.91 Å². The average molecular weight is 400 g/mol. The zero-order valence-electron chi connectivity index (χ0n) is 13.5. The predicted molar refractivity (Wildman–Crippen MR) is 101 cm³/mol. The summed E-state index contributed by atoms with van der Waals surface area (Å²) in [6, 6.07) is 11.6. The van der Waals surface area contributed by atoms with Crippen molar-refractivity contribution in [2.45, 2.75) is 19.4 Å². The third-order valence-electron chi connectivity index (χ3n) is 3.56. The third kappa shape index (κ3) is 5.63. The summed E-state index contributed by atoms with van der Waals surface area (Å²) in [5.41, 5.74) is 1.16. The Balaban J connectivity index is 1.82. The summed E-state index contributed by atoms with van der Waals surface area (Å²) in [4.78, 5) is 24.0. The molecular weight excluding hydrogens is 383 g/mol. The van der Waals surface area contributed by atoms with Gasteiger partial charge in [-0.05, 0) is 36.8 Å². The quantitative estimate of drug-likeness (QED) is 0.743. The van der Waals surface area contributed by atoms with E-state index in [2.05, 4.69) is 10.6 Å². The molecule has 25 heavy (non-hydrogen) atoms. The Morgan fingerprint density at radius 2 is 1.76 bits per heavy atom. The molecule has 0 fully saturated rings. The second-order valence-corrected chi connectivity index (χ2v) is 6.69. The van der Waals surface area contributed by atoms with Crippen LogP contribution in [0.2, 0.25) is 15.1 Å². The molecule has 1 atom stereocenters. The Bertz CT molecular complexity index is 781. The topological polar surface area (TPSA) is 58.2 Å². The van der Waals surface area contributed by atoms with Crippen LogP contribution in [0.1, 0.15) is 35.3 Å². The van der Waals surface area contributed by atoms with Gasteiger partial charge in [-0.2, -0.15) is 0 Å². The standard InChI is InChI=1S/C18H17Cl3N2O2/c1-11(13-7-6-12(19)10-16(13)21)23-17(24)8-9-22-18(25)14-4-2-3-5-15(14)20/h2-7,10-11H,8-9H2,1H3,(H,22,25)(H,23,24)/t11-/m1/s1. The SMILES string of the molecule is C[C@@H](NC(=O)CCNC(=O)c1ccccc1Cl)c1ccc(Cl)cc1Cl. The van der Waals surface area contributed by atoms with Gasteiger partial charge in [-0.1, -0.05) is 53.0 Å². The number of hydrogen-bond donors (Lipinski definition) is 2. The summed E-state index contributed by atoms with van der Waals surface area (Å²) in [6.45, 7) is 2.03. The number of amides is 2. The zero-order valence-corrected chi connectivity index (χ0v) is 15.8. The lowest BCUT2D eigenvalue weighted by atomic mass is 10.1. The molecular formula is C18H17Cl3N2O2. The molecule has 132 valence electrons. The minimum absolute atomic E-state index is 0.145. The van der Waals surface area contributed by atoms with Gasteiger partial charge in [-0.15, -0.1) is 0 Å². The van der Waals surface area contributed by atoms with Crippen LogP contribution in [0, 0.1) is 0 Å². The van der Waals surface area contributed by atoms with E-state index in [9.17, 15) is 9.59 Å². The maximum absolute atomic E-state index is 12.0. The molecule has 0 bridgehead atoms. The van der Waals surface area contributed by atoms with Crippen LogP contribution in [0.5, 0.6) is 0 Å². The summed E-state index contributed by atoms with van der Waals surface area (Å²) in [6.07, 6.45) is 0.145. The van der Waals surface area contributed by atoms with Crippen LogP contribution in [0.3, 0.4) is 0 Å². The van der Waals surface area contributed by atoms with Gasteiger partial charge in [0.1, 0.15) is 0 Å². The summed E-state index contributed by atoms with van der Waals surface area (Å²) in [7, 11) is 0. The molecule has 0 unspecified atom stereocenters. The van der Waals surface area contributed by atoms with E-state index in [-0.39, 0.29) is 30.8 Å². The number of rotatable bonds is 6. The van der Waals surface area contributed by atoms with Crippen molar-refractivity contribution in [2.75, 3.05) is 6.54 Å². The molecule has 0 aliphatic heterocycles. The molecule has 0 saturated carbocycles. The number of nitrogens with one attached hydrogen (secondary N) is 2. The van der Waals surface area contributed by atoms with E-state index in [1.54, 1.807) is 42.5 Å². The van der Waals surface area contributed by atoms with Crippen LogP contribution in [-0.2, 0) is 4.79 Å². The number of hydrogen-bond acceptors (Lipinski definition) is 2. The van der Waals surface area contributed by atoms with Gasteiger partial charge >= 0.3 is 0 Å². The average Bonchev–Trinajstić information content (AvgIpc) is 2.54. The first-order valence-electron chi connectivity index (χ1n) is 7.65. The Kier molecular flexibility index (Phi) is 7.12. The van der Waals surface area contributed by atoms with Gasteiger partial charge in [0.15, 0.2) is 0 Å². The summed E-state index contributed by atoms with van der Waals surface area (Å²) < 4.78 is 0. The van der Waals surface area contributed by atoms with E-state index in [0.29, 0.717) is 20.6 Å². The van der Waals surface area contributed by atoms with Gasteiger partial charge < -0.3 is 10.6 Å². The van der Waals surface area contributed by atoms with E-state index < -0.39 is 0 Å². The lowest BCUT2D eigenvalue weighted by Crippen LogP contribution is -2.32. The Morgan fingerprint density at radius 1 is 1.04 bits per heavy atom. The van der Waals surface area contributed by atoms with E-state index in [1.165, 1.54) is 0 Å². The molecule has 0 aromatic heterocycles. The van der Waals surface area contributed by atoms with Crippen molar-refractivity contribution in [3.63, 3.8) is 0 Å². The van der Waals surface area contributed by atoms with Crippen LogP contribution >= 0.6 is 34.8 Å². The fourth-order valence-corrected chi connectivity index (χ4v) is 3.07. The molecule has 2 N–H and O–H groups in total. The summed E-state index contributed by atoms with van der Waals surface area (Å²) >= 11 is 18.0. The predicted octanol–water partition coefficient (Wildman–Crippen LogP) is 4.64. The summed E-state index contributed by atoms with van der Waals surface area (Å²) in [5.74, 6) is -0.509. The molecule has 0 saturated heterocycles. The molecule has 2 aromatic carbocycles. The summed E-state index contributed by atoms with van der Waals surface area (Å²) in [5, 5.41) is 6.91. The van der Waals surface area contributed by atoms with Crippen molar-refractivity contribution >= 4 is 46.6 Å². The van der Waals surface area contributed by atoms with Crippen LogP contribution in [-0.4, -0.2) is 18.4 Å². The molecule has 0 heterocycles. The van der Waals surface area contributed by atoms with Crippen molar-refractivity contribution < 1.29 is 9.59 Å². The van der Waals surface area contributed by atoms with Crippen molar-refractivity contribution in [3.8, 4) is 0 Å². The fraction of sp³-hybridized carbons (Fsp3) is 0.222. The highest BCUT2D eigenvalue weighted by molar-refractivity contribution is 6.35. The minimum Gasteiger partial charge on any atom is -0.351 e. The van der Waals surface area contributed by atoms with Crippen molar-refractivity contribution in [1.29, 1.82) is 0 Å². The first-order chi connectivity index (χ1) is 11.9. The lowest BCUT2D eigenvalue weighted by molar-refractivity contribution is -0.121. The van der Waals surface area contributed by atoms with E-state index in [0.717, 1.165) is 5.56 Å². The highest BCUT2D eigenvalue weighted by Crippen LogP contribution is 2.26. The third-order valence-corrected chi connectivity index (χ3v) is 4.45. The first-order valence-corrected chi connectivity index (χ1v) is 8.79. The highest BCUT2D eigenvalue weighted by Gasteiger charge is 2.14. The Labute approximate surface area is 161 Å². The fourth-order valence-electron chi connectivity index (χ4n) is 2.27. The van der Waals surface area contributed by atoms with Gasteiger partial charge in [0.25, 0.3) is 5.91 Å². The number of halogens is 3. The zero-order chi connectivity index (χ0) is 18.4. The van der Waals surface area contributed by atoms with Gasteiger partial charge in [0, 0.05) is 23.0 Å². The van der Waals surface area contributed by atoms with Crippen molar-refractivity contribution in [2.24, 2.45) is 0 Å². The van der Waals surface area contributed by atoms with E-state index in [1.807, 2.05) is 6.92 Å². The first kappa shape index (κ1) is 19.6. The smallest absolute Gasteiger partial charge is 0.252 e. The van der Waals surface area contributed by atoms with Gasteiger partial charge in [-0.3, -0.25) is 9.59 Å². The van der Waals surface area contributed by atoms with E-state index in [4.69, 9.17) is 34.8 Å². The largest absolute Gasteiger partial charge is 0.351 e. The molecule has 0 spiro atoms. The van der Waals surface area contributed by atoms with Gasteiger partial charge in [0.05, 0.1) is 16.6 Å². The number of carbonyl (C=O) groups is 2. The molecule has 0 radical (unpaired) electrons. The minimum atomic E-state index is -0.313. The number of benzene rings is 2. The van der Waals surface area contributed by atoms with Crippen LogP contribution < -0.4 is 10.6 Å². The van der Waals surface area contributed by atoms with Crippen LogP contribution in [0.15, 0.2) is 42.5 Å². The molecule has 0 aliphatic rings. The molecule has 4 nitrogen and oxygen atoms in total. The van der Waals surface area contributed by atoms with Crippen LogP contribution in [0.4, 0.5) is 0 Å². The van der Waals surface area contributed by atoms with Crippen molar-refractivity contribution in [1.82, 2.24) is 10.6 Å². The second-order valence-electron chi connectivity index (χ2n) is 5.44.